The van der Waals surface area contributed by atoms with Gasteiger partial charge in [0.05, 0.1) is 17.7 Å². The molecule has 4 rings (SSSR count). The van der Waals surface area contributed by atoms with Gasteiger partial charge >= 0.3 is 0 Å². The van der Waals surface area contributed by atoms with Gasteiger partial charge in [0.2, 0.25) is 10.0 Å². The van der Waals surface area contributed by atoms with Crippen LogP contribution in [0.3, 0.4) is 0 Å². The van der Waals surface area contributed by atoms with Crippen LogP contribution in [0.15, 0.2) is 65.0 Å². The number of nitrogens with one attached hydrogen (secondary N) is 1. The molecule has 0 radical (unpaired) electrons. The van der Waals surface area contributed by atoms with Crippen LogP contribution in [-0.2, 0) is 16.4 Å². The van der Waals surface area contributed by atoms with E-state index in [-0.39, 0.29) is 10.8 Å². The number of nitrogens with zero attached hydrogens (tertiary/aromatic N) is 2. The molecule has 31 heavy (non-hydrogen) atoms. The van der Waals surface area contributed by atoms with Gasteiger partial charge in [-0.2, -0.15) is 0 Å². The van der Waals surface area contributed by atoms with Crippen LogP contribution in [0.4, 0.5) is 0 Å². The van der Waals surface area contributed by atoms with Crippen molar-refractivity contribution in [3.63, 3.8) is 0 Å². The Hall–Kier alpha value is -3.21. The molecule has 2 aromatic heterocycles. The number of nitrogens with two attached hydrogens (primary N) is 1. The Bertz CT molecular complexity index is 1320. The summed E-state index contributed by atoms with van der Waals surface area (Å²) in [5, 5.41) is 9.77. The minimum atomic E-state index is -3.71. The summed E-state index contributed by atoms with van der Waals surface area (Å²) in [6.07, 6.45) is 2.40. The van der Waals surface area contributed by atoms with Crippen LogP contribution in [0.5, 0.6) is 5.75 Å². The highest BCUT2D eigenvalue weighted by Crippen LogP contribution is 2.25. The normalized spacial score (nSPS) is 11.5. The average molecular weight is 457 g/mol. The largest absolute Gasteiger partial charge is 0.497 e. The topological polar surface area (TPSA) is 116 Å². The van der Waals surface area contributed by atoms with E-state index in [0.717, 1.165) is 27.5 Å². The lowest BCUT2D eigenvalue weighted by atomic mass is 10.1. The summed E-state index contributed by atoms with van der Waals surface area (Å²) >= 11 is 1.40. The van der Waals surface area contributed by atoms with Crippen LogP contribution in [0, 0.1) is 0 Å². The smallest absolute Gasteiger partial charge is 0.269 e. The molecule has 0 spiro atoms. The third kappa shape index (κ3) is 4.61. The number of benzene rings is 2. The lowest BCUT2D eigenvalue weighted by Gasteiger charge is -2.05. The minimum Gasteiger partial charge on any atom is -0.497 e. The zero-order valence-corrected chi connectivity index (χ0v) is 18.2. The summed E-state index contributed by atoms with van der Waals surface area (Å²) in [4.78, 5) is 18.1. The molecule has 0 aliphatic heterocycles. The van der Waals surface area contributed by atoms with Crippen molar-refractivity contribution in [3.8, 4) is 17.0 Å². The molecule has 0 fully saturated rings. The standard InChI is InChI=1S/C21H20N4O4S2/c1-29-16-6-4-15(5-7-16)18-12-25-19(13-30-21(25)24-18)20(26)23-11-10-14-2-8-17(9-3-14)31(22,27)28/h2-9,12-13H,10-11H2,1H3,(H,23,26)(H2,22,27,28). The van der Waals surface area contributed by atoms with Gasteiger partial charge < -0.3 is 10.1 Å². The fraction of sp³-hybridized carbons (Fsp3) is 0.143. The number of fused-ring (bicyclic) bond motifs is 1. The van der Waals surface area contributed by atoms with Crippen molar-refractivity contribution in [2.24, 2.45) is 5.14 Å². The number of rotatable bonds is 7. The molecular weight excluding hydrogens is 436 g/mol. The number of sulfonamides is 1. The molecule has 4 aromatic rings. The molecule has 2 aromatic carbocycles. The molecule has 3 N–H and O–H groups in total. The highest BCUT2D eigenvalue weighted by Gasteiger charge is 2.15. The van der Waals surface area contributed by atoms with E-state index in [1.54, 1.807) is 29.0 Å². The summed E-state index contributed by atoms with van der Waals surface area (Å²) in [6.45, 7) is 0.408. The van der Waals surface area contributed by atoms with E-state index in [0.29, 0.717) is 18.7 Å². The molecule has 2 heterocycles. The van der Waals surface area contributed by atoms with E-state index in [9.17, 15) is 13.2 Å². The van der Waals surface area contributed by atoms with Crippen molar-refractivity contribution in [2.45, 2.75) is 11.3 Å². The predicted octanol–water partition coefficient (Wildman–Crippen LogP) is 2.69. The monoisotopic (exact) mass is 456 g/mol. The number of thiazole rings is 1. The van der Waals surface area contributed by atoms with Crippen LogP contribution < -0.4 is 15.2 Å². The van der Waals surface area contributed by atoms with Crippen molar-refractivity contribution in [1.29, 1.82) is 0 Å². The SMILES string of the molecule is COc1ccc(-c2cn3c(C(=O)NCCc4ccc(S(N)(=O)=O)cc4)csc3n2)cc1. The van der Waals surface area contributed by atoms with Gasteiger partial charge in [0, 0.05) is 23.7 Å². The third-order valence-corrected chi connectivity index (χ3v) is 6.55. The maximum Gasteiger partial charge on any atom is 0.269 e. The molecule has 0 saturated heterocycles. The number of amides is 1. The van der Waals surface area contributed by atoms with E-state index in [1.807, 2.05) is 30.5 Å². The summed E-state index contributed by atoms with van der Waals surface area (Å²) in [5.41, 5.74) is 3.12. The van der Waals surface area contributed by atoms with Crippen LogP contribution in [-0.4, -0.2) is 37.4 Å². The number of ether oxygens (including phenoxy) is 1. The van der Waals surface area contributed by atoms with Crippen LogP contribution in [0.2, 0.25) is 0 Å². The number of hydrogen-bond acceptors (Lipinski definition) is 6. The molecule has 160 valence electrons. The van der Waals surface area contributed by atoms with Gasteiger partial charge in [0.15, 0.2) is 4.96 Å². The number of methoxy groups -OCH3 is 1. The van der Waals surface area contributed by atoms with Crippen molar-refractivity contribution in [3.05, 3.63) is 71.4 Å². The zero-order valence-electron chi connectivity index (χ0n) is 16.6. The van der Waals surface area contributed by atoms with Crippen LogP contribution in [0.1, 0.15) is 16.1 Å². The van der Waals surface area contributed by atoms with Gasteiger partial charge in [-0.1, -0.05) is 12.1 Å². The Balaban J connectivity index is 1.42. The highest BCUT2D eigenvalue weighted by molar-refractivity contribution is 7.89. The van der Waals surface area contributed by atoms with Crippen molar-refractivity contribution >= 4 is 32.2 Å². The van der Waals surface area contributed by atoms with Gasteiger partial charge in [-0.05, 0) is 48.4 Å². The number of imidazole rings is 1. The summed E-state index contributed by atoms with van der Waals surface area (Å²) < 4.78 is 29.6. The first-order valence-corrected chi connectivity index (χ1v) is 11.8. The lowest BCUT2D eigenvalue weighted by molar-refractivity contribution is 0.0948. The second-order valence-corrected chi connectivity index (χ2v) is 9.22. The van der Waals surface area contributed by atoms with E-state index >= 15 is 0 Å². The maximum atomic E-state index is 12.7. The molecule has 1 amide bonds. The molecule has 10 heteroatoms. The van der Waals surface area contributed by atoms with Gasteiger partial charge in [-0.3, -0.25) is 9.20 Å². The molecule has 0 aliphatic carbocycles. The number of carbonyl (C=O) groups excluding carboxylic acids is 1. The lowest BCUT2D eigenvalue weighted by Crippen LogP contribution is -2.26. The predicted molar refractivity (Wildman–Crippen MR) is 119 cm³/mol. The summed E-state index contributed by atoms with van der Waals surface area (Å²) in [6, 6.07) is 13.9. The van der Waals surface area contributed by atoms with Crippen LogP contribution in [0.25, 0.3) is 16.2 Å². The van der Waals surface area contributed by atoms with Gasteiger partial charge in [0.25, 0.3) is 5.91 Å². The number of aromatic nitrogens is 2. The van der Waals surface area contributed by atoms with E-state index in [1.165, 1.54) is 23.5 Å². The Labute approximate surface area is 183 Å². The van der Waals surface area contributed by atoms with Gasteiger partial charge in [-0.25, -0.2) is 18.5 Å². The highest BCUT2D eigenvalue weighted by atomic mass is 32.2. The Morgan fingerprint density at radius 1 is 1.16 bits per heavy atom. The van der Waals surface area contributed by atoms with E-state index in [4.69, 9.17) is 9.88 Å². The fourth-order valence-corrected chi connectivity index (χ4v) is 4.47. The second-order valence-electron chi connectivity index (χ2n) is 6.82. The molecule has 0 atom stereocenters. The molecular formula is C21H20N4O4S2. The van der Waals surface area contributed by atoms with Crippen molar-refractivity contribution < 1.29 is 17.9 Å². The first kappa shape index (κ1) is 21.0. The zero-order chi connectivity index (χ0) is 22.0. The number of primary sulfonamides is 1. The van der Waals surface area contributed by atoms with Gasteiger partial charge in [0.1, 0.15) is 11.4 Å². The number of hydrogen-bond donors (Lipinski definition) is 2. The number of carbonyl (C=O) groups is 1. The Kier molecular flexibility index (Phi) is 5.77. The second kappa shape index (κ2) is 8.50. The molecule has 0 unspecified atom stereocenters. The molecule has 0 bridgehead atoms. The first-order valence-electron chi connectivity index (χ1n) is 9.36. The minimum absolute atomic E-state index is 0.0636. The fourth-order valence-electron chi connectivity index (χ4n) is 3.10. The first-order chi connectivity index (χ1) is 14.8. The van der Waals surface area contributed by atoms with E-state index in [2.05, 4.69) is 10.3 Å². The van der Waals surface area contributed by atoms with Gasteiger partial charge in [-0.15, -0.1) is 11.3 Å². The Morgan fingerprint density at radius 2 is 1.87 bits per heavy atom. The molecule has 0 saturated carbocycles. The average Bonchev–Trinajstić information content (AvgIpc) is 3.34. The summed E-state index contributed by atoms with van der Waals surface area (Å²) in [5.74, 6) is 0.565. The third-order valence-electron chi connectivity index (χ3n) is 4.78. The van der Waals surface area contributed by atoms with Crippen molar-refractivity contribution in [2.75, 3.05) is 13.7 Å². The van der Waals surface area contributed by atoms with Crippen molar-refractivity contribution in [1.82, 2.24) is 14.7 Å². The molecule has 0 aliphatic rings. The maximum absolute atomic E-state index is 12.7. The summed E-state index contributed by atoms with van der Waals surface area (Å²) in [7, 11) is -2.09. The Morgan fingerprint density at radius 3 is 2.52 bits per heavy atom. The quantitative estimate of drug-likeness (QED) is 0.444. The van der Waals surface area contributed by atoms with Crippen LogP contribution >= 0.6 is 11.3 Å². The molecule has 8 nitrogen and oxygen atoms in total. The van der Waals surface area contributed by atoms with E-state index < -0.39 is 10.0 Å².